The van der Waals surface area contributed by atoms with E-state index in [1.165, 1.54) is 34.9 Å². The second-order valence-electron chi connectivity index (χ2n) is 6.28. The molecule has 0 N–H and O–H groups in total. The summed E-state index contributed by atoms with van der Waals surface area (Å²) >= 11 is 1.73. The number of pyridine rings is 1. The van der Waals surface area contributed by atoms with E-state index in [0.717, 1.165) is 28.4 Å². The van der Waals surface area contributed by atoms with Gasteiger partial charge in [-0.05, 0) is 51.7 Å². The van der Waals surface area contributed by atoms with Crippen LogP contribution >= 0.6 is 11.3 Å². The zero-order valence-corrected chi connectivity index (χ0v) is 14.1. The average Bonchev–Trinajstić information content (AvgIpc) is 2.86. The van der Waals surface area contributed by atoms with E-state index >= 15 is 0 Å². The third-order valence-corrected chi connectivity index (χ3v) is 5.68. The monoisotopic (exact) mass is 312 g/mol. The van der Waals surface area contributed by atoms with Gasteiger partial charge in [-0.25, -0.2) is 15.0 Å². The van der Waals surface area contributed by atoms with Crippen molar-refractivity contribution in [3.8, 4) is 0 Å². The van der Waals surface area contributed by atoms with E-state index in [9.17, 15) is 0 Å². The molecule has 0 spiro atoms. The number of thiophene rings is 1. The molecule has 22 heavy (non-hydrogen) atoms. The average molecular weight is 312 g/mol. The fourth-order valence-corrected chi connectivity index (χ4v) is 4.77. The minimum atomic E-state index is 0.549. The molecule has 0 bridgehead atoms. The first-order valence-corrected chi connectivity index (χ1v) is 8.75. The molecule has 0 amide bonds. The van der Waals surface area contributed by atoms with Crippen molar-refractivity contribution in [2.24, 2.45) is 0 Å². The van der Waals surface area contributed by atoms with Crippen molar-refractivity contribution in [1.29, 1.82) is 0 Å². The summed E-state index contributed by atoms with van der Waals surface area (Å²) in [6.07, 6.45) is 5.52. The molecule has 0 saturated carbocycles. The van der Waals surface area contributed by atoms with Crippen molar-refractivity contribution in [3.63, 3.8) is 0 Å². The normalized spacial score (nSPS) is 19.2. The van der Waals surface area contributed by atoms with Crippen molar-refractivity contribution in [2.45, 2.75) is 46.1 Å². The molecule has 1 saturated heterocycles. The van der Waals surface area contributed by atoms with Crippen LogP contribution in [0.25, 0.3) is 20.4 Å². The highest BCUT2D eigenvalue weighted by atomic mass is 32.1. The summed E-state index contributed by atoms with van der Waals surface area (Å²) in [6.45, 7) is 7.59. The van der Waals surface area contributed by atoms with Crippen LogP contribution in [0.1, 0.15) is 37.4 Å². The van der Waals surface area contributed by atoms with Crippen LogP contribution in [0.15, 0.2) is 12.4 Å². The van der Waals surface area contributed by atoms with Crippen LogP contribution in [0.2, 0.25) is 0 Å². The second-order valence-corrected chi connectivity index (χ2v) is 7.28. The summed E-state index contributed by atoms with van der Waals surface area (Å²) in [7, 11) is 0. The van der Waals surface area contributed by atoms with Gasteiger partial charge in [0.2, 0.25) is 0 Å². The Balaban J connectivity index is 1.99. The van der Waals surface area contributed by atoms with Gasteiger partial charge in [0, 0.05) is 23.7 Å². The lowest BCUT2D eigenvalue weighted by atomic mass is 10.0. The smallest absolute Gasteiger partial charge is 0.150 e. The maximum atomic E-state index is 4.71. The summed E-state index contributed by atoms with van der Waals surface area (Å²) in [5.74, 6) is 1.09. The first-order valence-electron chi connectivity index (χ1n) is 7.93. The molecule has 1 aliphatic heterocycles. The molecule has 1 aliphatic rings. The summed E-state index contributed by atoms with van der Waals surface area (Å²) in [6, 6.07) is 2.69. The first-order chi connectivity index (χ1) is 10.6. The molecule has 1 fully saturated rings. The van der Waals surface area contributed by atoms with Crippen LogP contribution in [-0.2, 0) is 0 Å². The van der Waals surface area contributed by atoms with Crippen LogP contribution in [0.5, 0.6) is 0 Å². The Morgan fingerprint density at radius 2 is 2.09 bits per heavy atom. The van der Waals surface area contributed by atoms with Crippen molar-refractivity contribution < 1.29 is 0 Å². The lowest BCUT2D eigenvalue weighted by molar-refractivity contribution is 0.482. The van der Waals surface area contributed by atoms with Gasteiger partial charge in [-0.1, -0.05) is 0 Å². The van der Waals surface area contributed by atoms with E-state index in [1.54, 1.807) is 17.7 Å². The number of piperidine rings is 1. The quantitative estimate of drug-likeness (QED) is 0.674. The molecule has 3 aromatic rings. The molecular formula is C17H20N4S. The van der Waals surface area contributed by atoms with Crippen LogP contribution in [0.4, 0.5) is 5.82 Å². The maximum Gasteiger partial charge on any atom is 0.150 e. The van der Waals surface area contributed by atoms with Gasteiger partial charge in [-0.3, -0.25) is 0 Å². The fourth-order valence-electron chi connectivity index (χ4n) is 3.51. The molecule has 1 unspecified atom stereocenters. The van der Waals surface area contributed by atoms with E-state index in [0.29, 0.717) is 6.04 Å². The second kappa shape index (κ2) is 5.16. The minimum Gasteiger partial charge on any atom is -0.353 e. The van der Waals surface area contributed by atoms with Crippen LogP contribution in [0.3, 0.4) is 0 Å². The van der Waals surface area contributed by atoms with E-state index in [4.69, 9.17) is 4.98 Å². The highest BCUT2D eigenvalue weighted by molar-refractivity contribution is 7.26. The van der Waals surface area contributed by atoms with E-state index in [-0.39, 0.29) is 0 Å². The van der Waals surface area contributed by atoms with Crippen molar-refractivity contribution in [1.82, 2.24) is 15.0 Å². The minimum absolute atomic E-state index is 0.549. The Labute approximate surface area is 134 Å². The van der Waals surface area contributed by atoms with Gasteiger partial charge in [0.15, 0.2) is 0 Å². The SMILES string of the molecule is Cc1cc(C)c2c(n1)sc1c(N3CCCCC3C)ncnc12. The maximum absolute atomic E-state index is 4.71. The molecule has 0 aliphatic carbocycles. The van der Waals surface area contributed by atoms with Crippen molar-refractivity contribution in [2.75, 3.05) is 11.4 Å². The molecule has 0 aromatic carbocycles. The highest BCUT2D eigenvalue weighted by Gasteiger charge is 2.23. The van der Waals surface area contributed by atoms with Crippen molar-refractivity contribution in [3.05, 3.63) is 23.7 Å². The van der Waals surface area contributed by atoms with Crippen LogP contribution in [0, 0.1) is 13.8 Å². The largest absolute Gasteiger partial charge is 0.353 e. The van der Waals surface area contributed by atoms with Crippen LogP contribution < -0.4 is 4.90 Å². The summed E-state index contributed by atoms with van der Waals surface area (Å²) in [4.78, 5) is 17.4. The van der Waals surface area contributed by atoms with Gasteiger partial charge in [-0.15, -0.1) is 11.3 Å². The fraction of sp³-hybridized carbons (Fsp3) is 0.471. The Morgan fingerprint density at radius 1 is 1.23 bits per heavy atom. The molecule has 114 valence electrons. The molecule has 3 aromatic heterocycles. The van der Waals surface area contributed by atoms with Gasteiger partial charge in [-0.2, -0.15) is 0 Å². The number of fused-ring (bicyclic) bond motifs is 3. The van der Waals surface area contributed by atoms with Gasteiger partial charge >= 0.3 is 0 Å². The molecule has 0 radical (unpaired) electrons. The number of hydrogen-bond donors (Lipinski definition) is 0. The Bertz CT molecular complexity index is 855. The predicted octanol–water partition coefficient (Wildman–Crippen LogP) is 4.24. The number of aromatic nitrogens is 3. The zero-order chi connectivity index (χ0) is 15.3. The van der Waals surface area contributed by atoms with E-state index in [1.807, 2.05) is 0 Å². The van der Waals surface area contributed by atoms with E-state index in [2.05, 4.69) is 41.7 Å². The topological polar surface area (TPSA) is 41.9 Å². The summed E-state index contributed by atoms with van der Waals surface area (Å²) < 4.78 is 1.19. The number of anilines is 1. The molecular weight excluding hydrogens is 292 g/mol. The van der Waals surface area contributed by atoms with E-state index < -0.39 is 0 Å². The third-order valence-electron chi connectivity index (χ3n) is 4.61. The molecule has 4 rings (SSSR count). The Kier molecular flexibility index (Phi) is 3.26. The number of nitrogens with zero attached hydrogens (tertiary/aromatic N) is 4. The number of hydrogen-bond acceptors (Lipinski definition) is 5. The lowest BCUT2D eigenvalue weighted by Crippen LogP contribution is -2.38. The predicted molar refractivity (Wildman–Crippen MR) is 92.8 cm³/mol. The van der Waals surface area contributed by atoms with Gasteiger partial charge in [0.05, 0.1) is 10.2 Å². The molecule has 4 nitrogen and oxygen atoms in total. The standard InChI is InChI=1S/C17H20N4S/c1-10-8-11(2)20-17-13(10)14-15(22-17)16(19-9-18-14)21-7-5-4-6-12(21)3/h8-9,12H,4-7H2,1-3H3. The van der Waals surface area contributed by atoms with Gasteiger partial charge in [0.1, 0.15) is 17.0 Å². The Hall–Kier alpha value is -1.75. The molecule has 1 atom stereocenters. The molecule has 5 heteroatoms. The Morgan fingerprint density at radius 3 is 2.91 bits per heavy atom. The summed E-state index contributed by atoms with van der Waals surface area (Å²) in [5, 5.41) is 1.19. The first kappa shape index (κ1) is 13.9. The van der Waals surface area contributed by atoms with Gasteiger partial charge < -0.3 is 4.90 Å². The summed E-state index contributed by atoms with van der Waals surface area (Å²) in [5.41, 5.74) is 3.38. The zero-order valence-electron chi connectivity index (χ0n) is 13.3. The van der Waals surface area contributed by atoms with Crippen molar-refractivity contribution >= 4 is 37.6 Å². The van der Waals surface area contributed by atoms with Crippen LogP contribution in [-0.4, -0.2) is 27.5 Å². The highest BCUT2D eigenvalue weighted by Crippen LogP contribution is 2.39. The third kappa shape index (κ3) is 2.07. The lowest BCUT2D eigenvalue weighted by Gasteiger charge is -2.34. The molecule has 4 heterocycles. The van der Waals surface area contributed by atoms with Gasteiger partial charge in [0.25, 0.3) is 0 Å². The number of aryl methyl sites for hydroxylation is 2. The number of rotatable bonds is 1.